The zero-order valence-corrected chi connectivity index (χ0v) is 13.2. The molecule has 1 N–H and O–H groups in total. The predicted octanol–water partition coefficient (Wildman–Crippen LogP) is 3.65. The number of fused-ring (bicyclic) bond motifs is 1. The lowest BCUT2D eigenvalue weighted by molar-refractivity contribution is 0.257. The van der Waals surface area contributed by atoms with Crippen LogP contribution in [-0.4, -0.2) is 30.7 Å². The zero-order valence-electron chi connectivity index (χ0n) is 12.4. The van der Waals surface area contributed by atoms with E-state index in [1.54, 1.807) is 11.3 Å². The Balaban J connectivity index is 1.51. The van der Waals surface area contributed by atoms with Crippen LogP contribution in [0.2, 0.25) is 0 Å². The minimum atomic E-state index is 0.677. The van der Waals surface area contributed by atoms with Crippen molar-refractivity contribution in [3.05, 3.63) is 23.7 Å². The summed E-state index contributed by atoms with van der Waals surface area (Å²) >= 11 is 1.74. The van der Waals surface area contributed by atoms with E-state index in [-0.39, 0.29) is 0 Å². The van der Waals surface area contributed by atoms with Gasteiger partial charge in [-0.05, 0) is 37.0 Å². The molecule has 0 radical (unpaired) electrons. The molecular formula is C17H23N3S. The maximum Gasteiger partial charge on any atom is 0.0813 e. The maximum atomic E-state index is 4.38. The van der Waals surface area contributed by atoms with Gasteiger partial charge in [-0.25, -0.2) is 4.98 Å². The molecule has 1 saturated heterocycles. The first kappa shape index (κ1) is 13.5. The molecule has 4 heteroatoms. The number of anilines is 1. The van der Waals surface area contributed by atoms with E-state index in [4.69, 9.17) is 0 Å². The second kappa shape index (κ2) is 5.93. The van der Waals surface area contributed by atoms with Gasteiger partial charge >= 0.3 is 0 Å². The van der Waals surface area contributed by atoms with Gasteiger partial charge in [-0.15, -0.1) is 11.3 Å². The molecule has 1 atom stereocenters. The quantitative estimate of drug-likeness (QED) is 0.917. The number of nitrogens with zero attached hydrogens (tertiary/aromatic N) is 2. The highest BCUT2D eigenvalue weighted by Gasteiger charge is 2.28. The molecule has 1 saturated carbocycles. The molecule has 0 amide bonds. The molecule has 2 aliphatic rings. The minimum Gasteiger partial charge on any atom is -0.369 e. The lowest BCUT2D eigenvalue weighted by Gasteiger charge is -2.40. The van der Waals surface area contributed by atoms with Crippen molar-refractivity contribution in [3.8, 4) is 0 Å². The van der Waals surface area contributed by atoms with Crippen LogP contribution in [0.15, 0.2) is 23.7 Å². The third kappa shape index (κ3) is 2.79. The molecule has 2 aromatic rings. The molecule has 1 unspecified atom stereocenters. The molecule has 1 aromatic carbocycles. The summed E-state index contributed by atoms with van der Waals surface area (Å²) in [6, 6.07) is 7.40. The van der Waals surface area contributed by atoms with Gasteiger partial charge in [0.1, 0.15) is 0 Å². The summed E-state index contributed by atoms with van der Waals surface area (Å²) in [6.07, 6.45) is 7.12. The van der Waals surface area contributed by atoms with Gasteiger partial charge in [0.05, 0.1) is 15.7 Å². The van der Waals surface area contributed by atoms with Crippen LogP contribution in [0.1, 0.15) is 32.1 Å². The summed E-state index contributed by atoms with van der Waals surface area (Å²) in [6.45, 7) is 3.39. The van der Waals surface area contributed by atoms with Crippen LogP contribution < -0.4 is 10.2 Å². The van der Waals surface area contributed by atoms with Gasteiger partial charge in [-0.2, -0.15) is 0 Å². The highest BCUT2D eigenvalue weighted by Crippen LogP contribution is 2.30. The third-order valence-corrected chi connectivity index (χ3v) is 5.90. The molecule has 0 bridgehead atoms. The molecule has 2 fully saturated rings. The Labute approximate surface area is 130 Å². The highest BCUT2D eigenvalue weighted by molar-refractivity contribution is 7.16. The molecular weight excluding hydrogens is 278 g/mol. The van der Waals surface area contributed by atoms with Crippen LogP contribution in [0.3, 0.4) is 0 Å². The number of piperazine rings is 1. The van der Waals surface area contributed by atoms with Gasteiger partial charge in [0.2, 0.25) is 0 Å². The molecule has 21 heavy (non-hydrogen) atoms. The average molecular weight is 301 g/mol. The SMILES string of the molecule is c1nc2ccc(N3CCNC(C4CCCCC4)C3)cc2s1. The zero-order chi connectivity index (χ0) is 14.1. The first-order valence-electron chi connectivity index (χ1n) is 8.22. The number of hydrogen-bond acceptors (Lipinski definition) is 4. The van der Waals surface area contributed by atoms with Crippen molar-refractivity contribution in [2.45, 2.75) is 38.1 Å². The smallest absolute Gasteiger partial charge is 0.0813 e. The summed E-state index contributed by atoms with van der Waals surface area (Å²) in [5, 5.41) is 3.77. The van der Waals surface area contributed by atoms with Gasteiger partial charge in [-0.1, -0.05) is 19.3 Å². The number of nitrogens with one attached hydrogen (secondary N) is 1. The molecule has 112 valence electrons. The van der Waals surface area contributed by atoms with Crippen LogP contribution in [0.4, 0.5) is 5.69 Å². The Morgan fingerprint density at radius 3 is 3.00 bits per heavy atom. The summed E-state index contributed by atoms with van der Waals surface area (Å²) < 4.78 is 1.31. The van der Waals surface area contributed by atoms with Crippen LogP contribution in [-0.2, 0) is 0 Å². The van der Waals surface area contributed by atoms with Crippen LogP contribution in [0, 0.1) is 5.92 Å². The maximum absolute atomic E-state index is 4.38. The Kier molecular flexibility index (Phi) is 3.82. The Hall–Kier alpha value is -1.13. The second-order valence-corrected chi connectivity index (χ2v) is 7.30. The van der Waals surface area contributed by atoms with Crippen LogP contribution in [0.5, 0.6) is 0 Å². The highest BCUT2D eigenvalue weighted by atomic mass is 32.1. The van der Waals surface area contributed by atoms with Crippen LogP contribution in [0.25, 0.3) is 10.2 Å². The molecule has 3 nitrogen and oxygen atoms in total. The fourth-order valence-electron chi connectivity index (χ4n) is 3.91. The predicted molar refractivity (Wildman–Crippen MR) is 90.2 cm³/mol. The van der Waals surface area contributed by atoms with Crippen molar-refractivity contribution in [2.24, 2.45) is 5.92 Å². The van der Waals surface area contributed by atoms with Crippen molar-refractivity contribution in [3.63, 3.8) is 0 Å². The van der Waals surface area contributed by atoms with Crippen LogP contribution >= 0.6 is 11.3 Å². The molecule has 4 rings (SSSR count). The monoisotopic (exact) mass is 301 g/mol. The standard InChI is InChI=1S/C17H23N3S/c1-2-4-13(5-3-1)16-11-20(9-8-18-16)14-6-7-15-17(10-14)21-12-19-15/h6-7,10,12-13,16,18H,1-5,8-9,11H2. The van der Waals surface area contributed by atoms with E-state index in [1.807, 2.05) is 5.51 Å². The number of benzene rings is 1. The van der Waals surface area contributed by atoms with Gasteiger partial charge in [0.25, 0.3) is 0 Å². The van der Waals surface area contributed by atoms with Gasteiger partial charge < -0.3 is 10.2 Å². The van der Waals surface area contributed by atoms with E-state index in [9.17, 15) is 0 Å². The first-order valence-corrected chi connectivity index (χ1v) is 9.10. The molecule has 1 aliphatic heterocycles. The van der Waals surface area contributed by atoms with Crippen molar-refractivity contribution < 1.29 is 0 Å². The van der Waals surface area contributed by atoms with Gasteiger partial charge in [0.15, 0.2) is 0 Å². The van der Waals surface area contributed by atoms with Crippen molar-refractivity contribution in [1.29, 1.82) is 0 Å². The molecule has 1 aromatic heterocycles. The first-order chi connectivity index (χ1) is 10.4. The van der Waals surface area contributed by atoms with E-state index in [1.165, 1.54) is 42.5 Å². The fourth-order valence-corrected chi connectivity index (χ4v) is 4.62. The number of hydrogen-bond donors (Lipinski definition) is 1. The molecule has 1 aliphatic carbocycles. The largest absolute Gasteiger partial charge is 0.369 e. The van der Waals surface area contributed by atoms with Gasteiger partial charge in [-0.3, -0.25) is 0 Å². The minimum absolute atomic E-state index is 0.677. The van der Waals surface area contributed by atoms with E-state index in [0.29, 0.717) is 6.04 Å². The Bertz CT molecular complexity index is 603. The Morgan fingerprint density at radius 2 is 2.10 bits per heavy atom. The van der Waals surface area contributed by atoms with Gasteiger partial charge in [0, 0.05) is 31.4 Å². The van der Waals surface area contributed by atoms with E-state index in [0.717, 1.165) is 31.1 Å². The lowest BCUT2D eigenvalue weighted by Crippen LogP contribution is -2.54. The molecule has 0 spiro atoms. The number of thiazole rings is 1. The normalized spacial score (nSPS) is 24.6. The lowest BCUT2D eigenvalue weighted by atomic mass is 9.83. The third-order valence-electron chi connectivity index (χ3n) is 5.10. The topological polar surface area (TPSA) is 28.2 Å². The van der Waals surface area contributed by atoms with E-state index < -0.39 is 0 Å². The summed E-state index contributed by atoms with van der Waals surface area (Å²) in [5.74, 6) is 0.883. The fraction of sp³-hybridized carbons (Fsp3) is 0.588. The van der Waals surface area contributed by atoms with Crippen molar-refractivity contribution >= 4 is 27.2 Å². The van der Waals surface area contributed by atoms with Crippen molar-refractivity contribution in [2.75, 3.05) is 24.5 Å². The summed E-state index contributed by atoms with van der Waals surface area (Å²) in [7, 11) is 0. The number of rotatable bonds is 2. The summed E-state index contributed by atoms with van der Waals surface area (Å²) in [4.78, 5) is 6.95. The number of aromatic nitrogens is 1. The van der Waals surface area contributed by atoms with E-state index >= 15 is 0 Å². The van der Waals surface area contributed by atoms with E-state index in [2.05, 4.69) is 33.4 Å². The second-order valence-electron chi connectivity index (χ2n) is 6.41. The average Bonchev–Trinajstić information content (AvgIpc) is 3.03. The Morgan fingerprint density at radius 1 is 1.19 bits per heavy atom. The van der Waals surface area contributed by atoms with Crippen molar-refractivity contribution in [1.82, 2.24) is 10.3 Å². The molecule has 2 heterocycles. The summed E-state index contributed by atoms with van der Waals surface area (Å²) in [5.41, 5.74) is 4.44.